The smallest absolute Gasteiger partial charge is 0.337 e. The first-order chi connectivity index (χ1) is 12.3. The molecule has 3 rings (SSSR count). The molecular weight excluding hydrogens is 340 g/mol. The second-order valence-electron chi connectivity index (χ2n) is 6.30. The van der Waals surface area contributed by atoms with Crippen LogP contribution in [0.15, 0.2) is 30.5 Å². The van der Waals surface area contributed by atoms with E-state index in [1.807, 2.05) is 13.8 Å². The number of methoxy groups -OCH3 is 1. The van der Waals surface area contributed by atoms with Crippen molar-refractivity contribution in [3.05, 3.63) is 57.3 Å². The van der Waals surface area contributed by atoms with Crippen molar-refractivity contribution in [2.24, 2.45) is 0 Å². The van der Waals surface area contributed by atoms with Crippen LogP contribution in [0.1, 0.15) is 47.3 Å². The molecule has 9 heteroatoms. The fourth-order valence-electron chi connectivity index (χ4n) is 3.16. The molecule has 2 aromatic rings. The van der Waals surface area contributed by atoms with Gasteiger partial charge in [0.05, 0.1) is 24.8 Å². The van der Waals surface area contributed by atoms with E-state index in [1.54, 1.807) is 23.0 Å². The molecule has 1 aliphatic heterocycles. The molecule has 0 fully saturated rings. The van der Waals surface area contributed by atoms with Crippen molar-refractivity contribution < 1.29 is 19.2 Å². The first-order valence-corrected chi connectivity index (χ1v) is 8.05. The minimum Gasteiger partial charge on any atom is -0.465 e. The number of nitrogens with zero attached hydrogens (tertiary/aromatic N) is 3. The number of nitrogens with one attached hydrogen (secondary N) is 1. The van der Waals surface area contributed by atoms with Gasteiger partial charge in [-0.15, -0.1) is 0 Å². The van der Waals surface area contributed by atoms with E-state index in [2.05, 4.69) is 15.2 Å². The number of amides is 1. The van der Waals surface area contributed by atoms with Gasteiger partial charge < -0.3 is 10.1 Å². The molecular formula is C17H18N4O5. The van der Waals surface area contributed by atoms with Crippen LogP contribution >= 0.6 is 0 Å². The molecule has 0 saturated carbocycles. The van der Waals surface area contributed by atoms with Crippen molar-refractivity contribution in [1.29, 1.82) is 0 Å². The molecule has 1 aromatic carbocycles. The third-order valence-corrected chi connectivity index (χ3v) is 4.39. The Hall–Kier alpha value is -3.23. The topological polar surface area (TPSA) is 116 Å². The zero-order chi connectivity index (χ0) is 19.0. The summed E-state index contributed by atoms with van der Waals surface area (Å²) in [6.07, 6.45) is 1.55. The van der Waals surface area contributed by atoms with Crippen molar-refractivity contribution >= 4 is 17.7 Å². The molecule has 0 radical (unpaired) electrons. The Labute approximate surface area is 149 Å². The molecule has 1 N–H and O–H groups in total. The van der Waals surface area contributed by atoms with E-state index < -0.39 is 28.8 Å². The molecule has 2 atom stereocenters. The Bertz CT molecular complexity index is 872. The number of fused-ring (bicyclic) bond motifs is 1. The average Bonchev–Trinajstić information content (AvgIpc) is 3.03. The largest absolute Gasteiger partial charge is 0.465 e. The van der Waals surface area contributed by atoms with Crippen LogP contribution in [-0.4, -0.2) is 39.7 Å². The highest BCUT2D eigenvalue weighted by molar-refractivity contribution is 5.98. The van der Waals surface area contributed by atoms with Crippen LogP contribution < -0.4 is 5.32 Å². The molecule has 1 aromatic heterocycles. The van der Waals surface area contributed by atoms with Crippen molar-refractivity contribution in [2.45, 2.75) is 31.8 Å². The summed E-state index contributed by atoms with van der Waals surface area (Å²) in [5.41, 5.74) is 1.46. The summed E-state index contributed by atoms with van der Waals surface area (Å²) in [5.74, 6) is -1.53. The molecule has 0 saturated heterocycles. The highest BCUT2D eigenvalue weighted by atomic mass is 16.6. The Morgan fingerprint density at radius 2 is 2.00 bits per heavy atom. The number of ether oxygens (including phenoxy) is 1. The summed E-state index contributed by atoms with van der Waals surface area (Å²) < 4.78 is 6.28. The van der Waals surface area contributed by atoms with Crippen molar-refractivity contribution in [3.63, 3.8) is 0 Å². The number of aromatic nitrogens is 2. The number of anilines is 1. The number of benzene rings is 1. The molecule has 1 aliphatic rings. The van der Waals surface area contributed by atoms with Crippen LogP contribution in [0.4, 0.5) is 5.82 Å². The van der Waals surface area contributed by atoms with Gasteiger partial charge in [0.15, 0.2) is 0 Å². The van der Waals surface area contributed by atoms with Gasteiger partial charge in [-0.05, 0) is 31.5 Å². The van der Waals surface area contributed by atoms with Crippen LogP contribution in [0.25, 0.3) is 0 Å². The van der Waals surface area contributed by atoms with Crippen LogP contribution in [0.2, 0.25) is 0 Å². The van der Waals surface area contributed by atoms with Gasteiger partial charge in [-0.3, -0.25) is 14.9 Å². The van der Waals surface area contributed by atoms with Gasteiger partial charge >= 0.3 is 17.9 Å². The number of nitro groups is 1. The number of hydrogen-bond donors (Lipinski definition) is 1. The van der Waals surface area contributed by atoms with E-state index in [0.717, 1.165) is 0 Å². The molecule has 0 aliphatic carbocycles. The fraction of sp³-hybridized carbons (Fsp3) is 0.353. The number of esters is 1. The van der Waals surface area contributed by atoms with Crippen LogP contribution in [0.3, 0.4) is 0 Å². The fourth-order valence-corrected chi connectivity index (χ4v) is 3.16. The van der Waals surface area contributed by atoms with Crippen LogP contribution in [-0.2, 0) is 9.53 Å². The minimum absolute atomic E-state index is 0.0199. The Kier molecular flexibility index (Phi) is 4.45. The first kappa shape index (κ1) is 17.6. The van der Waals surface area contributed by atoms with Gasteiger partial charge in [-0.1, -0.05) is 12.1 Å². The van der Waals surface area contributed by atoms with Gasteiger partial charge in [0.25, 0.3) is 0 Å². The monoisotopic (exact) mass is 358 g/mol. The predicted molar refractivity (Wildman–Crippen MR) is 91.6 cm³/mol. The molecule has 9 nitrogen and oxygen atoms in total. The quantitative estimate of drug-likeness (QED) is 0.507. The number of carbonyl (C=O) groups is 2. The Balaban J connectivity index is 2.11. The number of carbonyl (C=O) groups excluding carboxylic acids is 2. The predicted octanol–water partition coefficient (Wildman–Crippen LogP) is 1.98. The summed E-state index contributed by atoms with van der Waals surface area (Å²) in [6, 6.07) is 4.75. The SMILES string of the molecule is COC(=O)c1ccc([C@H]2c3cnn(C(C)C)c3NC(=O)[C@H]2[N+](=O)[O-])cc1. The lowest BCUT2D eigenvalue weighted by Crippen LogP contribution is -2.44. The van der Waals surface area contributed by atoms with Crippen molar-refractivity contribution in [1.82, 2.24) is 9.78 Å². The second kappa shape index (κ2) is 6.58. The van der Waals surface area contributed by atoms with Gasteiger partial charge in [-0.2, -0.15) is 5.10 Å². The number of rotatable bonds is 4. The third kappa shape index (κ3) is 2.81. The van der Waals surface area contributed by atoms with E-state index in [4.69, 9.17) is 0 Å². The second-order valence-corrected chi connectivity index (χ2v) is 6.30. The third-order valence-electron chi connectivity index (χ3n) is 4.39. The van der Waals surface area contributed by atoms with Gasteiger partial charge in [0, 0.05) is 16.5 Å². The van der Waals surface area contributed by atoms with E-state index >= 15 is 0 Å². The van der Waals surface area contributed by atoms with Gasteiger partial charge in [0.2, 0.25) is 0 Å². The zero-order valence-corrected chi connectivity index (χ0v) is 14.5. The summed E-state index contributed by atoms with van der Waals surface area (Å²) >= 11 is 0. The maximum Gasteiger partial charge on any atom is 0.337 e. The van der Waals surface area contributed by atoms with Gasteiger partial charge in [0.1, 0.15) is 5.82 Å². The summed E-state index contributed by atoms with van der Waals surface area (Å²) in [6.45, 7) is 3.80. The normalized spacial score (nSPS) is 19.0. The number of hydrogen-bond acceptors (Lipinski definition) is 6. The first-order valence-electron chi connectivity index (χ1n) is 8.05. The maximum absolute atomic E-state index is 12.4. The molecule has 0 unspecified atom stereocenters. The van der Waals surface area contributed by atoms with E-state index in [1.165, 1.54) is 19.2 Å². The highest BCUT2D eigenvalue weighted by Gasteiger charge is 2.47. The highest BCUT2D eigenvalue weighted by Crippen LogP contribution is 2.39. The van der Waals surface area contributed by atoms with E-state index in [9.17, 15) is 19.7 Å². The molecule has 2 heterocycles. The van der Waals surface area contributed by atoms with Gasteiger partial charge in [-0.25, -0.2) is 9.48 Å². The van der Waals surface area contributed by atoms with Crippen molar-refractivity contribution in [3.8, 4) is 0 Å². The van der Waals surface area contributed by atoms with Crippen LogP contribution in [0, 0.1) is 10.1 Å². The lowest BCUT2D eigenvalue weighted by Gasteiger charge is -2.27. The lowest BCUT2D eigenvalue weighted by atomic mass is 9.83. The lowest BCUT2D eigenvalue weighted by molar-refractivity contribution is -0.509. The molecule has 0 bridgehead atoms. The Morgan fingerprint density at radius 3 is 2.54 bits per heavy atom. The maximum atomic E-state index is 12.4. The van der Waals surface area contributed by atoms with Crippen LogP contribution in [0.5, 0.6) is 0 Å². The average molecular weight is 358 g/mol. The standard InChI is InChI=1S/C17H18N4O5/c1-9(2)20-15-12(8-18-20)13(14(21(24)25)16(22)19-15)10-4-6-11(7-5-10)17(23)26-3/h4-9,13-14H,1-3H3,(H,19,22)/t13-,14-/m0/s1. The molecule has 26 heavy (non-hydrogen) atoms. The zero-order valence-electron chi connectivity index (χ0n) is 14.5. The van der Waals surface area contributed by atoms with E-state index in [0.29, 0.717) is 22.5 Å². The Morgan fingerprint density at radius 1 is 1.35 bits per heavy atom. The molecule has 0 spiro atoms. The summed E-state index contributed by atoms with van der Waals surface area (Å²) in [7, 11) is 1.27. The minimum atomic E-state index is -1.48. The molecule has 136 valence electrons. The van der Waals surface area contributed by atoms with E-state index in [-0.39, 0.29) is 6.04 Å². The summed E-state index contributed by atoms with van der Waals surface area (Å²) in [4.78, 5) is 35.0. The summed E-state index contributed by atoms with van der Waals surface area (Å²) in [5, 5.41) is 18.4. The molecule has 1 amide bonds. The van der Waals surface area contributed by atoms with Crippen molar-refractivity contribution in [2.75, 3.05) is 12.4 Å².